The van der Waals surface area contributed by atoms with Crippen LogP contribution in [0.1, 0.15) is 18.3 Å². The molecule has 96 valence electrons. The molecular weight excluding hydrogens is 238 g/mol. The highest BCUT2D eigenvalue weighted by atomic mass is 16.3. The van der Waals surface area contributed by atoms with Crippen molar-refractivity contribution >= 4 is 10.9 Å². The van der Waals surface area contributed by atoms with E-state index in [4.69, 9.17) is 0 Å². The van der Waals surface area contributed by atoms with E-state index in [9.17, 15) is 5.11 Å². The lowest BCUT2D eigenvalue weighted by Gasteiger charge is -2.10. The first-order valence-electron chi connectivity index (χ1n) is 6.35. The van der Waals surface area contributed by atoms with Crippen LogP contribution in [0.4, 0.5) is 0 Å². The lowest BCUT2D eigenvalue weighted by molar-refractivity contribution is 0.283. The molecule has 19 heavy (non-hydrogen) atoms. The minimum absolute atomic E-state index is 0.00614. The molecule has 0 amide bonds. The van der Waals surface area contributed by atoms with Crippen LogP contribution in [0.15, 0.2) is 42.7 Å². The number of hydrogen-bond acceptors (Lipinski definition) is 3. The fourth-order valence-corrected chi connectivity index (χ4v) is 2.29. The number of aliphatic hydroxyl groups is 1. The molecule has 2 aromatic heterocycles. The maximum absolute atomic E-state index is 9.53. The van der Waals surface area contributed by atoms with Crippen molar-refractivity contribution in [2.45, 2.75) is 20.0 Å². The van der Waals surface area contributed by atoms with Crippen molar-refractivity contribution in [2.24, 2.45) is 0 Å². The topological polar surface area (TPSA) is 50.9 Å². The van der Waals surface area contributed by atoms with Crippen LogP contribution in [0.3, 0.4) is 0 Å². The molecule has 1 N–H and O–H groups in total. The predicted octanol–water partition coefficient (Wildman–Crippen LogP) is 2.48. The third kappa shape index (κ3) is 2.00. The van der Waals surface area contributed by atoms with E-state index < -0.39 is 0 Å². The first kappa shape index (κ1) is 11.9. The van der Waals surface area contributed by atoms with Gasteiger partial charge >= 0.3 is 0 Å². The van der Waals surface area contributed by atoms with Crippen LogP contribution in [-0.4, -0.2) is 19.6 Å². The minimum Gasteiger partial charge on any atom is -0.392 e. The van der Waals surface area contributed by atoms with Crippen LogP contribution in [0.2, 0.25) is 0 Å². The monoisotopic (exact) mass is 253 g/mol. The van der Waals surface area contributed by atoms with Crippen LogP contribution in [0.25, 0.3) is 16.7 Å². The van der Waals surface area contributed by atoms with Gasteiger partial charge in [-0.3, -0.25) is 4.57 Å². The zero-order valence-corrected chi connectivity index (χ0v) is 10.7. The van der Waals surface area contributed by atoms with Crippen molar-refractivity contribution in [1.29, 1.82) is 0 Å². The first-order chi connectivity index (χ1) is 9.33. The number of rotatable bonds is 3. The Balaban J connectivity index is 2.25. The predicted molar refractivity (Wildman–Crippen MR) is 74.2 cm³/mol. The molecule has 0 aliphatic carbocycles. The summed E-state index contributed by atoms with van der Waals surface area (Å²) in [6.45, 7) is 2.07. The van der Waals surface area contributed by atoms with Gasteiger partial charge in [0.2, 0.25) is 0 Å². The second-order valence-electron chi connectivity index (χ2n) is 4.38. The van der Waals surface area contributed by atoms with Gasteiger partial charge < -0.3 is 5.11 Å². The number of nitrogens with zero attached hydrogens (tertiary/aromatic N) is 3. The largest absolute Gasteiger partial charge is 0.392 e. The molecule has 2 heterocycles. The summed E-state index contributed by atoms with van der Waals surface area (Å²) in [6, 6.07) is 9.77. The zero-order valence-electron chi connectivity index (χ0n) is 10.7. The number of para-hydroxylation sites is 1. The summed E-state index contributed by atoms with van der Waals surface area (Å²) < 4.78 is 1.96. The molecule has 0 unspecified atom stereocenters. The van der Waals surface area contributed by atoms with Crippen LogP contribution < -0.4 is 0 Å². The number of aromatic nitrogens is 3. The lowest BCUT2D eigenvalue weighted by Crippen LogP contribution is -2.03. The normalized spacial score (nSPS) is 11.1. The Hall–Kier alpha value is -2.20. The summed E-state index contributed by atoms with van der Waals surface area (Å²) in [4.78, 5) is 8.95. The standard InChI is InChI=1S/C15H15N3O/c1-2-14-16-7-8-18(14)15-9-11(10-19)12-5-3-4-6-13(12)17-15/h3-9,19H,2,10H2,1H3. The molecule has 0 fully saturated rings. The minimum atomic E-state index is 0.00614. The quantitative estimate of drug-likeness (QED) is 0.780. The molecular formula is C15H15N3O. The highest BCUT2D eigenvalue weighted by Crippen LogP contribution is 2.21. The molecule has 0 aliphatic rings. The molecule has 0 aliphatic heterocycles. The highest BCUT2D eigenvalue weighted by Gasteiger charge is 2.08. The number of aliphatic hydroxyl groups excluding tert-OH is 1. The molecule has 0 saturated carbocycles. The number of fused-ring (bicyclic) bond motifs is 1. The van der Waals surface area contributed by atoms with Gasteiger partial charge in [0.1, 0.15) is 11.6 Å². The second-order valence-corrected chi connectivity index (χ2v) is 4.38. The molecule has 0 spiro atoms. The van der Waals surface area contributed by atoms with Crippen LogP contribution >= 0.6 is 0 Å². The van der Waals surface area contributed by atoms with Gasteiger partial charge in [0.05, 0.1) is 12.1 Å². The summed E-state index contributed by atoms with van der Waals surface area (Å²) >= 11 is 0. The molecule has 0 saturated heterocycles. The van der Waals surface area contributed by atoms with Gasteiger partial charge in [0, 0.05) is 24.2 Å². The third-order valence-corrected chi connectivity index (χ3v) is 3.24. The van der Waals surface area contributed by atoms with E-state index >= 15 is 0 Å². The summed E-state index contributed by atoms with van der Waals surface area (Å²) in [7, 11) is 0. The van der Waals surface area contributed by atoms with E-state index in [-0.39, 0.29) is 6.61 Å². The molecule has 3 rings (SSSR count). The van der Waals surface area contributed by atoms with Gasteiger partial charge in [-0.05, 0) is 17.7 Å². The van der Waals surface area contributed by atoms with Gasteiger partial charge in [0.25, 0.3) is 0 Å². The number of imidazole rings is 1. The second kappa shape index (κ2) is 4.82. The Bertz CT molecular complexity index is 718. The van der Waals surface area contributed by atoms with Gasteiger partial charge in [-0.2, -0.15) is 0 Å². The van der Waals surface area contributed by atoms with E-state index in [0.29, 0.717) is 0 Å². The zero-order chi connectivity index (χ0) is 13.2. The Morgan fingerprint density at radius 3 is 2.89 bits per heavy atom. The van der Waals surface area contributed by atoms with Gasteiger partial charge in [-0.1, -0.05) is 25.1 Å². The van der Waals surface area contributed by atoms with Crippen molar-refractivity contribution in [1.82, 2.24) is 14.5 Å². The van der Waals surface area contributed by atoms with E-state index in [1.165, 1.54) is 0 Å². The smallest absolute Gasteiger partial charge is 0.139 e. The third-order valence-electron chi connectivity index (χ3n) is 3.24. The van der Waals surface area contributed by atoms with E-state index in [1.54, 1.807) is 6.20 Å². The maximum atomic E-state index is 9.53. The van der Waals surface area contributed by atoms with Gasteiger partial charge in [-0.25, -0.2) is 9.97 Å². The molecule has 3 aromatic rings. The number of hydrogen-bond donors (Lipinski definition) is 1. The average Bonchev–Trinajstić information content (AvgIpc) is 2.94. The number of pyridine rings is 1. The molecule has 4 heteroatoms. The van der Waals surface area contributed by atoms with Crippen molar-refractivity contribution in [2.75, 3.05) is 0 Å². The lowest BCUT2D eigenvalue weighted by atomic mass is 10.1. The van der Waals surface area contributed by atoms with Crippen molar-refractivity contribution in [3.05, 3.63) is 54.1 Å². The van der Waals surface area contributed by atoms with Crippen LogP contribution in [-0.2, 0) is 13.0 Å². The first-order valence-corrected chi connectivity index (χ1v) is 6.35. The van der Waals surface area contributed by atoms with E-state index in [0.717, 1.165) is 34.5 Å². The molecule has 1 aromatic carbocycles. The molecule has 4 nitrogen and oxygen atoms in total. The average molecular weight is 253 g/mol. The van der Waals surface area contributed by atoms with Crippen molar-refractivity contribution in [3.8, 4) is 5.82 Å². The molecule has 0 bridgehead atoms. The maximum Gasteiger partial charge on any atom is 0.139 e. The summed E-state index contributed by atoms with van der Waals surface area (Å²) in [5, 5.41) is 10.5. The molecule has 0 atom stereocenters. The highest BCUT2D eigenvalue weighted by molar-refractivity contribution is 5.83. The summed E-state index contributed by atoms with van der Waals surface area (Å²) in [6.07, 6.45) is 4.52. The van der Waals surface area contributed by atoms with Crippen LogP contribution in [0.5, 0.6) is 0 Å². The molecule has 0 radical (unpaired) electrons. The summed E-state index contributed by atoms with van der Waals surface area (Å²) in [5.74, 6) is 1.77. The fraction of sp³-hybridized carbons (Fsp3) is 0.200. The SMILES string of the molecule is CCc1nccn1-c1cc(CO)c2ccccc2n1. The summed E-state index contributed by atoms with van der Waals surface area (Å²) in [5.41, 5.74) is 1.77. The van der Waals surface area contributed by atoms with Crippen molar-refractivity contribution < 1.29 is 5.11 Å². The van der Waals surface area contributed by atoms with E-state index in [2.05, 4.69) is 16.9 Å². The van der Waals surface area contributed by atoms with Crippen LogP contribution in [0, 0.1) is 0 Å². The van der Waals surface area contributed by atoms with Crippen molar-refractivity contribution in [3.63, 3.8) is 0 Å². The fourth-order valence-electron chi connectivity index (χ4n) is 2.29. The Labute approximate surface area is 111 Å². The Kier molecular flexibility index (Phi) is 3.01. The van der Waals surface area contributed by atoms with Gasteiger partial charge in [0.15, 0.2) is 0 Å². The number of aryl methyl sites for hydroxylation is 1. The van der Waals surface area contributed by atoms with Gasteiger partial charge in [-0.15, -0.1) is 0 Å². The van der Waals surface area contributed by atoms with E-state index in [1.807, 2.05) is 41.1 Å². The number of benzene rings is 1. The Morgan fingerprint density at radius 1 is 1.26 bits per heavy atom. The Morgan fingerprint density at radius 2 is 2.11 bits per heavy atom.